The average Bonchev–Trinajstić information content (AvgIpc) is 2.49. The predicted molar refractivity (Wildman–Crippen MR) is 82.6 cm³/mol. The molecule has 3 aromatic rings. The SMILES string of the molecule is Cc1cccc(OCc2nc3ccccc3c(=O)[nH]2)c1C. The normalized spacial score (nSPS) is 10.8. The van der Waals surface area contributed by atoms with Crippen LogP contribution in [-0.2, 0) is 6.61 Å². The number of hydrogen-bond acceptors (Lipinski definition) is 3. The summed E-state index contributed by atoms with van der Waals surface area (Å²) in [6, 6.07) is 13.2. The molecule has 3 rings (SSSR count). The molecule has 21 heavy (non-hydrogen) atoms. The van der Waals surface area contributed by atoms with Gasteiger partial charge >= 0.3 is 0 Å². The van der Waals surface area contributed by atoms with Crippen molar-refractivity contribution >= 4 is 10.9 Å². The highest BCUT2D eigenvalue weighted by atomic mass is 16.5. The summed E-state index contributed by atoms with van der Waals surface area (Å²) >= 11 is 0. The zero-order chi connectivity index (χ0) is 14.8. The molecule has 0 unspecified atom stereocenters. The van der Waals surface area contributed by atoms with Gasteiger partial charge in [-0.1, -0.05) is 24.3 Å². The molecule has 0 aliphatic heterocycles. The lowest BCUT2D eigenvalue weighted by molar-refractivity contribution is 0.294. The quantitative estimate of drug-likeness (QED) is 0.802. The van der Waals surface area contributed by atoms with Gasteiger partial charge in [0.1, 0.15) is 18.2 Å². The maximum Gasteiger partial charge on any atom is 0.258 e. The number of nitrogens with zero attached hydrogens (tertiary/aromatic N) is 1. The van der Waals surface area contributed by atoms with Crippen LogP contribution in [0.3, 0.4) is 0 Å². The largest absolute Gasteiger partial charge is 0.485 e. The zero-order valence-electron chi connectivity index (χ0n) is 12.0. The summed E-state index contributed by atoms with van der Waals surface area (Å²) in [6.45, 7) is 4.30. The average molecular weight is 280 g/mol. The molecule has 0 saturated heterocycles. The summed E-state index contributed by atoms with van der Waals surface area (Å²) in [5, 5.41) is 0.591. The molecule has 0 bridgehead atoms. The summed E-state index contributed by atoms with van der Waals surface area (Å²) in [5.74, 6) is 1.34. The van der Waals surface area contributed by atoms with Crippen LogP contribution in [0.4, 0.5) is 0 Å². The second-order valence-corrected chi connectivity index (χ2v) is 5.02. The summed E-state index contributed by atoms with van der Waals surface area (Å²) < 4.78 is 5.77. The number of aromatic amines is 1. The van der Waals surface area contributed by atoms with Gasteiger partial charge in [0, 0.05) is 0 Å². The number of aromatic nitrogens is 2. The molecule has 106 valence electrons. The summed E-state index contributed by atoms with van der Waals surface area (Å²) in [5.41, 5.74) is 2.81. The van der Waals surface area contributed by atoms with E-state index in [1.165, 1.54) is 5.56 Å². The number of rotatable bonds is 3. The fraction of sp³-hybridized carbons (Fsp3) is 0.176. The third-order valence-corrected chi connectivity index (χ3v) is 3.58. The minimum Gasteiger partial charge on any atom is -0.485 e. The van der Waals surface area contributed by atoms with E-state index in [0.717, 1.165) is 11.3 Å². The second-order valence-electron chi connectivity index (χ2n) is 5.02. The van der Waals surface area contributed by atoms with Crippen LogP contribution in [0.25, 0.3) is 10.9 Å². The van der Waals surface area contributed by atoms with Gasteiger partial charge in [-0.25, -0.2) is 4.98 Å². The Kier molecular flexibility index (Phi) is 3.44. The first kappa shape index (κ1) is 13.4. The highest BCUT2D eigenvalue weighted by Crippen LogP contribution is 2.21. The van der Waals surface area contributed by atoms with Crippen molar-refractivity contribution in [1.82, 2.24) is 9.97 Å². The molecule has 1 aromatic heterocycles. The van der Waals surface area contributed by atoms with Gasteiger partial charge in [-0.3, -0.25) is 4.79 Å². The molecule has 0 amide bonds. The van der Waals surface area contributed by atoms with Crippen molar-refractivity contribution in [1.29, 1.82) is 0 Å². The Morgan fingerprint density at radius 1 is 1.10 bits per heavy atom. The predicted octanol–water partition coefficient (Wildman–Crippen LogP) is 3.12. The number of H-pyrrole nitrogens is 1. The van der Waals surface area contributed by atoms with Crippen LogP contribution in [0.5, 0.6) is 5.75 Å². The Bertz CT molecular complexity index is 853. The Morgan fingerprint density at radius 2 is 1.90 bits per heavy atom. The fourth-order valence-electron chi connectivity index (χ4n) is 2.23. The van der Waals surface area contributed by atoms with Crippen molar-refractivity contribution in [3.8, 4) is 5.75 Å². The van der Waals surface area contributed by atoms with Gasteiger partial charge in [0.15, 0.2) is 0 Å². The van der Waals surface area contributed by atoms with Gasteiger partial charge < -0.3 is 9.72 Å². The van der Waals surface area contributed by atoms with Crippen LogP contribution in [0, 0.1) is 13.8 Å². The number of ether oxygens (including phenoxy) is 1. The van der Waals surface area contributed by atoms with Crippen LogP contribution < -0.4 is 10.3 Å². The van der Waals surface area contributed by atoms with Gasteiger partial charge in [0.25, 0.3) is 5.56 Å². The van der Waals surface area contributed by atoms with E-state index in [1.54, 1.807) is 6.07 Å². The molecule has 4 heteroatoms. The Hall–Kier alpha value is -2.62. The van der Waals surface area contributed by atoms with Gasteiger partial charge in [-0.15, -0.1) is 0 Å². The van der Waals surface area contributed by atoms with Gasteiger partial charge in [-0.05, 0) is 43.2 Å². The number of hydrogen-bond donors (Lipinski definition) is 1. The molecule has 2 aromatic carbocycles. The first-order valence-corrected chi connectivity index (χ1v) is 6.82. The molecular weight excluding hydrogens is 264 g/mol. The maximum absolute atomic E-state index is 12.0. The third kappa shape index (κ3) is 2.65. The number of nitrogens with one attached hydrogen (secondary N) is 1. The fourth-order valence-corrected chi connectivity index (χ4v) is 2.23. The summed E-state index contributed by atoms with van der Waals surface area (Å²) in [4.78, 5) is 19.2. The summed E-state index contributed by atoms with van der Waals surface area (Å²) in [7, 11) is 0. The molecule has 1 N–H and O–H groups in total. The van der Waals surface area contributed by atoms with E-state index in [9.17, 15) is 4.79 Å². The van der Waals surface area contributed by atoms with Crippen molar-refractivity contribution in [3.05, 3.63) is 69.8 Å². The minimum absolute atomic E-state index is 0.139. The van der Waals surface area contributed by atoms with Crippen molar-refractivity contribution in [2.24, 2.45) is 0 Å². The third-order valence-electron chi connectivity index (χ3n) is 3.58. The molecule has 1 heterocycles. The topological polar surface area (TPSA) is 55.0 Å². The number of fused-ring (bicyclic) bond motifs is 1. The smallest absolute Gasteiger partial charge is 0.258 e. The second kappa shape index (κ2) is 5.40. The van der Waals surface area contributed by atoms with E-state index < -0.39 is 0 Å². The van der Waals surface area contributed by atoms with Crippen LogP contribution >= 0.6 is 0 Å². The number of para-hydroxylation sites is 1. The van der Waals surface area contributed by atoms with Crippen molar-refractivity contribution in [2.75, 3.05) is 0 Å². The first-order chi connectivity index (χ1) is 10.1. The van der Waals surface area contributed by atoms with Crippen LogP contribution in [-0.4, -0.2) is 9.97 Å². The van der Waals surface area contributed by atoms with Crippen LogP contribution in [0.2, 0.25) is 0 Å². The lowest BCUT2D eigenvalue weighted by atomic mass is 10.1. The van der Waals surface area contributed by atoms with E-state index in [2.05, 4.69) is 9.97 Å². The lowest BCUT2D eigenvalue weighted by Gasteiger charge is -2.10. The molecule has 0 spiro atoms. The molecule has 0 fully saturated rings. The van der Waals surface area contributed by atoms with E-state index in [1.807, 2.05) is 50.2 Å². The molecule has 4 nitrogen and oxygen atoms in total. The van der Waals surface area contributed by atoms with Gasteiger partial charge in [0.05, 0.1) is 10.9 Å². The van der Waals surface area contributed by atoms with Crippen molar-refractivity contribution in [3.63, 3.8) is 0 Å². The van der Waals surface area contributed by atoms with Gasteiger partial charge in [0.2, 0.25) is 0 Å². The molecule has 0 aliphatic carbocycles. The number of benzene rings is 2. The van der Waals surface area contributed by atoms with Gasteiger partial charge in [-0.2, -0.15) is 0 Å². The monoisotopic (exact) mass is 280 g/mol. The highest BCUT2D eigenvalue weighted by Gasteiger charge is 2.06. The maximum atomic E-state index is 12.0. The van der Waals surface area contributed by atoms with Crippen molar-refractivity contribution < 1.29 is 4.74 Å². The Morgan fingerprint density at radius 3 is 2.76 bits per heavy atom. The van der Waals surface area contributed by atoms with E-state index >= 15 is 0 Å². The van der Waals surface area contributed by atoms with Crippen LogP contribution in [0.1, 0.15) is 17.0 Å². The molecular formula is C17H16N2O2. The molecule has 0 radical (unpaired) electrons. The van der Waals surface area contributed by atoms with Crippen molar-refractivity contribution in [2.45, 2.75) is 20.5 Å². The standard InChI is InChI=1S/C17H16N2O2/c1-11-6-5-9-15(12(11)2)21-10-16-18-14-8-4-3-7-13(14)17(20)19-16/h3-9H,10H2,1-2H3,(H,18,19,20). The van der Waals surface area contributed by atoms with E-state index in [0.29, 0.717) is 16.7 Å². The van der Waals surface area contributed by atoms with E-state index in [-0.39, 0.29) is 12.2 Å². The molecule has 0 saturated carbocycles. The van der Waals surface area contributed by atoms with E-state index in [4.69, 9.17) is 4.74 Å². The minimum atomic E-state index is -0.139. The molecule has 0 atom stereocenters. The Balaban J connectivity index is 1.89. The molecule has 0 aliphatic rings. The first-order valence-electron chi connectivity index (χ1n) is 6.82. The number of aryl methyl sites for hydroxylation is 1. The lowest BCUT2D eigenvalue weighted by Crippen LogP contribution is -2.13. The Labute approximate surface area is 122 Å². The zero-order valence-corrected chi connectivity index (χ0v) is 12.0. The summed E-state index contributed by atoms with van der Waals surface area (Å²) in [6.07, 6.45) is 0. The highest BCUT2D eigenvalue weighted by molar-refractivity contribution is 5.77. The van der Waals surface area contributed by atoms with Crippen LogP contribution in [0.15, 0.2) is 47.3 Å².